The van der Waals surface area contributed by atoms with Crippen molar-refractivity contribution in [1.29, 1.82) is 0 Å². The van der Waals surface area contributed by atoms with Gasteiger partial charge in [0.05, 0.1) is 18.5 Å². The van der Waals surface area contributed by atoms with Crippen LogP contribution in [-0.2, 0) is 13.1 Å². The average Bonchev–Trinajstić information content (AvgIpc) is 3.05. The van der Waals surface area contributed by atoms with Crippen LogP contribution in [0.5, 0.6) is 5.75 Å². The summed E-state index contributed by atoms with van der Waals surface area (Å²) in [5.41, 5.74) is 4.23. The van der Waals surface area contributed by atoms with Gasteiger partial charge in [0.2, 0.25) is 0 Å². The molecule has 2 aromatic heterocycles. The number of rotatable bonds is 6. The van der Waals surface area contributed by atoms with E-state index in [1.54, 1.807) is 11.8 Å². The first-order valence-electron chi connectivity index (χ1n) is 9.16. The molecule has 6 nitrogen and oxygen atoms in total. The fraction of sp³-hybridized carbons (Fsp3) is 0.182. The highest BCUT2D eigenvalue weighted by Gasteiger charge is 2.12. The molecule has 2 heterocycles. The molecule has 4 aromatic rings. The molecule has 2 aromatic carbocycles. The zero-order valence-electron chi connectivity index (χ0n) is 15.9. The van der Waals surface area contributed by atoms with Crippen molar-refractivity contribution in [3.05, 3.63) is 87.8 Å². The van der Waals surface area contributed by atoms with Crippen LogP contribution in [0, 0.1) is 6.92 Å². The number of pyridine rings is 1. The highest BCUT2D eigenvalue weighted by atomic mass is 16.5. The number of fused-ring (bicyclic) bond motifs is 1. The topological polar surface area (TPSA) is 71.9 Å². The number of aromatic nitrogens is 3. The van der Waals surface area contributed by atoms with Crippen LogP contribution < -0.4 is 15.6 Å². The molecule has 4 rings (SSSR count). The van der Waals surface area contributed by atoms with Crippen LogP contribution in [0.1, 0.15) is 16.8 Å². The smallest absolute Gasteiger partial charge is 0.254 e. The van der Waals surface area contributed by atoms with E-state index in [1.807, 2.05) is 67.6 Å². The maximum absolute atomic E-state index is 12.6. The van der Waals surface area contributed by atoms with Gasteiger partial charge in [-0.05, 0) is 42.8 Å². The molecule has 0 saturated heterocycles. The zero-order valence-corrected chi connectivity index (χ0v) is 15.9. The highest BCUT2D eigenvalue weighted by Crippen LogP contribution is 2.19. The molecule has 0 aliphatic carbocycles. The number of hydrogen-bond acceptors (Lipinski definition) is 4. The summed E-state index contributed by atoms with van der Waals surface area (Å²) in [5, 5.41) is 8.88. The number of methoxy groups -OCH3 is 1. The molecule has 28 heavy (non-hydrogen) atoms. The van der Waals surface area contributed by atoms with Crippen molar-refractivity contribution in [1.82, 2.24) is 20.1 Å². The number of para-hydroxylation sites is 1. The van der Waals surface area contributed by atoms with Crippen molar-refractivity contribution >= 4 is 11.0 Å². The SMILES string of the molecule is COc1ccc(CNCc2cc3c(C)nn(-c4ccccc4)c3[nH]c2=O)cc1. The van der Waals surface area contributed by atoms with Gasteiger partial charge in [-0.3, -0.25) is 4.79 Å². The standard InChI is InChI=1S/C22H22N4O2/c1-15-20-12-17(14-23-13-16-8-10-19(28-2)11-9-16)22(27)24-21(20)26(25-15)18-6-4-3-5-7-18/h3-12,23H,13-14H2,1-2H3,(H,24,27). The van der Waals surface area contributed by atoms with Gasteiger partial charge in [-0.2, -0.15) is 5.10 Å². The van der Waals surface area contributed by atoms with Crippen LogP contribution in [-0.4, -0.2) is 21.9 Å². The minimum Gasteiger partial charge on any atom is -0.497 e. The van der Waals surface area contributed by atoms with E-state index in [-0.39, 0.29) is 5.56 Å². The Bertz CT molecular complexity index is 1150. The van der Waals surface area contributed by atoms with Crippen LogP contribution in [0.3, 0.4) is 0 Å². The second-order valence-electron chi connectivity index (χ2n) is 6.67. The summed E-state index contributed by atoms with van der Waals surface area (Å²) in [5.74, 6) is 0.830. The van der Waals surface area contributed by atoms with Gasteiger partial charge in [0.1, 0.15) is 11.4 Å². The lowest BCUT2D eigenvalue weighted by molar-refractivity contribution is 0.414. The molecule has 0 unspecified atom stereocenters. The zero-order chi connectivity index (χ0) is 19.5. The van der Waals surface area contributed by atoms with Gasteiger partial charge in [-0.15, -0.1) is 0 Å². The van der Waals surface area contributed by atoms with Gasteiger partial charge in [0.25, 0.3) is 5.56 Å². The van der Waals surface area contributed by atoms with Gasteiger partial charge in [0, 0.05) is 24.0 Å². The minimum atomic E-state index is -0.105. The Morgan fingerprint density at radius 2 is 1.82 bits per heavy atom. The number of hydrogen-bond donors (Lipinski definition) is 2. The Labute approximate surface area is 162 Å². The van der Waals surface area contributed by atoms with Crippen LogP contribution >= 0.6 is 0 Å². The van der Waals surface area contributed by atoms with Crippen LogP contribution in [0.4, 0.5) is 0 Å². The molecule has 0 fully saturated rings. The number of ether oxygens (including phenoxy) is 1. The first kappa shape index (κ1) is 18.0. The molecule has 0 bridgehead atoms. The molecule has 0 radical (unpaired) electrons. The van der Waals surface area contributed by atoms with Gasteiger partial charge in [0.15, 0.2) is 0 Å². The van der Waals surface area contributed by atoms with Gasteiger partial charge >= 0.3 is 0 Å². The predicted molar refractivity (Wildman–Crippen MR) is 110 cm³/mol. The second kappa shape index (κ2) is 7.70. The fourth-order valence-corrected chi connectivity index (χ4v) is 3.23. The molecule has 0 aliphatic heterocycles. The number of aryl methyl sites for hydroxylation is 1. The van der Waals surface area contributed by atoms with Gasteiger partial charge in [-0.25, -0.2) is 4.68 Å². The van der Waals surface area contributed by atoms with E-state index in [2.05, 4.69) is 15.4 Å². The third-order valence-corrected chi connectivity index (χ3v) is 4.75. The van der Waals surface area contributed by atoms with Crippen molar-refractivity contribution in [3.63, 3.8) is 0 Å². The third kappa shape index (κ3) is 3.54. The molecular formula is C22H22N4O2. The fourth-order valence-electron chi connectivity index (χ4n) is 3.23. The Morgan fingerprint density at radius 3 is 2.54 bits per heavy atom. The van der Waals surface area contributed by atoms with E-state index in [0.29, 0.717) is 24.3 Å². The van der Waals surface area contributed by atoms with E-state index in [4.69, 9.17) is 4.74 Å². The molecule has 0 atom stereocenters. The molecule has 142 valence electrons. The largest absolute Gasteiger partial charge is 0.497 e. The van der Waals surface area contributed by atoms with Crippen LogP contribution in [0.2, 0.25) is 0 Å². The van der Waals surface area contributed by atoms with E-state index in [0.717, 1.165) is 28.1 Å². The van der Waals surface area contributed by atoms with E-state index in [9.17, 15) is 4.79 Å². The molecule has 2 N–H and O–H groups in total. The maximum atomic E-state index is 12.6. The van der Waals surface area contributed by atoms with Crippen molar-refractivity contribution in [2.24, 2.45) is 0 Å². The third-order valence-electron chi connectivity index (χ3n) is 4.75. The van der Waals surface area contributed by atoms with E-state index >= 15 is 0 Å². The second-order valence-corrected chi connectivity index (χ2v) is 6.67. The number of H-pyrrole nitrogens is 1. The molecule has 0 saturated carbocycles. The lowest BCUT2D eigenvalue weighted by Gasteiger charge is -2.07. The summed E-state index contributed by atoms with van der Waals surface area (Å²) >= 11 is 0. The first-order valence-corrected chi connectivity index (χ1v) is 9.16. The molecule has 0 aliphatic rings. The Morgan fingerprint density at radius 1 is 1.07 bits per heavy atom. The molecular weight excluding hydrogens is 352 g/mol. The summed E-state index contributed by atoms with van der Waals surface area (Å²) in [4.78, 5) is 15.6. The molecule has 6 heteroatoms. The van der Waals surface area contributed by atoms with E-state index in [1.165, 1.54) is 0 Å². The van der Waals surface area contributed by atoms with Crippen LogP contribution in [0.25, 0.3) is 16.7 Å². The normalized spacial score (nSPS) is 11.1. The Hall–Kier alpha value is -3.38. The predicted octanol–water partition coefficient (Wildman–Crippen LogP) is 3.32. The highest BCUT2D eigenvalue weighted by molar-refractivity contribution is 5.80. The lowest BCUT2D eigenvalue weighted by atomic mass is 10.2. The van der Waals surface area contributed by atoms with E-state index < -0.39 is 0 Å². The van der Waals surface area contributed by atoms with Crippen molar-refractivity contribution in [2.45, 2.75) is 20.0 Å². The molecule has 0 amide bonds. The van der Waals surface area contributed by atoms with Gasteiger partial charge < -0.3 is 15.0 Å². The summed E-state index contributed by atoms with van der Waals surface area (Å²) in [6, 6.07) is 19.6. The number of aromatic amines is 1. The average molecular weight is 374 g/mol. The van der Waals surface area contributed by atoms with Crippen molar-refractivity contribution in [2.75, 3.05) is 7.11 Å². The number of nitrogens with zero attached hydrogens (tertiary/aromatic N) is 2. The summed E-state index contributed by atoms with van der Waals surface area (Å²) < 4.78 is 6.95. The summed E-state index contributed by atoms with van der Waals surface area (Å²) in [6.07, 6.45) is 0. The first-order chi connectivity index (χ1) is 13.7. The summed E-state index contributed by atoms with van der Waals surface area (Å²) in [6.45, 7) is 3.10. The quantitative estimate of drug-likeness (QED) is 0.543. The summed E-state index contributed by atoms with van der Waals surface area (Å²) in [7, 11) is 1.65. The Balaban J connectivity index is 1.56. The minimum absolute atomic E-state index is 0.105. The number of nitrogens with one attached hydrogen (secondary N) is 2. The lowest BCUT2D eigenvalue weighted by Crippen LogP contribution is -2.21. The Kier molecular flexibility index (Phi) is 4.95. The van der Waals surface area contributed by atoms with Crippen molar-refractivity contribution < 1.29 is 4.74 Å². The molecule has 0 spiro atoms. The maximum Gasteiger partial charge on any atom is 0.254 e. The van der Waals surface area contributed by atoms with Crippen LogP contribution in [0.15, 0.2) is 65.5 Å². The van der Waals surface area contributed by atoms with Crippen molar-refractivity contribution in [3.8, 4) is 11.4 Å². The number of benzene rings is 2. The van der Waals surface area contributed by atoms with Gasteiger partial charge in [-0.1, -0.05) is 30.3 Å². The monoisotopic (exact) mass is 374 g/mol.